The number of nitrogens with one attached hydrogen (secondary N) is 1. The van der Waals surface area contributed by atoms with E-state index in [1.54, 1.807) is 4.90 Å². The lowest BCUT2D eigenvalue weighted by Gasteiger charge is -2.26. The third-order valence-electron chi connectivity index (χ3n) is 7.95. The van der Waals surface area contributed by atoms with Gasteiger partial charge in [0.05, 0.1) is 5.41 Å². The minimum absolute atomic E-state index is 0.0130. The molecule has 0 unspecified atom stereocenters. The third-order valence-corrected chi connectivity index (χ3v) is 7.95. The first kappa shape index (κ1) is 22.4. The summed E-state index contributed by atoms with van der Waals surface area (Å²) in [5.74, 6) is -1.11. The number of hydrogen-bond acceptors (Lipinski definition) is 4. The maximum atomic E-state index is 13.2. The molecule has 3 atom stereocenters. The van der Waals surface area contributed by atoms with Gasteiger partial charge < -0.3 is 20.1 Å². The predicted octanol–water partition coefficient (Wildman–Crippen LogP) is 4.02. The van der Waals surface area contributed by atoms with E-state index in [-0.39, 0.29) is 30.9 Å². The van der Waals surface area contributed by atoms with Crippen LogP contribution in [0.5, 0.6) is 0 Å². The van der Waals surface area contributed by atoms with E-state index in [4.69, 9.17) is 4.74 Å². The smallest absolute Gasteiger partial charge is 0.407 e. The normalized spacial score (nSPS) is 23.7. The molecule has 3 aliphatic rings. The summed E-state index contributed by atoms with van der Waals surface area (Å²) in [4.78, 5) is 39.4. The molecule has 0 aromatic heterocycles. The first-order chi connectivity index (χ1) is 16.4. The summed E-state index contributed by atoms with van der Waals surface area (Å²) in [5, 5.41) is 12.5. The zero-order valence-electron chi connectivity index (χ0n) is 19.3. The first-order valence-corrected chi connectivity index (χ1v) is 12.1. The average molecular weight is 463 g/mol. The Morgan fingerprint density at radius 2 is 1.76 bits per heavy atom. The maximum absolute atomic E-state index is 13.2. The van der Waals surface area contributed by atoms with Crippen molar-refractivity contribution in [3.05, 3.63) is 59.7 Å². The number of aliphatic carboxylic acids is 1. The van der Waals surface area contributed by atoms with Gasteiger partial charge in [-0.25, -0.2) is 4.79 Å². The van der Waals surface area contributed by atoms with Crippen molar-refractivity contribution in [3.63, 3.8) is 0 Å². The highest BCUT2D eigenvalue weighted by molar-refractivity contribution is 5.87. The van der Waals surface area contributed by atoms with Crippen LogP contribution in [0.1, 0.15) is 49.7 Å². The maximum Gasteiger partial charge on any atom is 0.407 e. The molecule has 1 saturated heterocycles. The molecule has 1 heterocycles. The Bertz CT molecular complexity index is 1090. The molecule has 0 radical (unpaired) electrons. The standard InChI is InChI=1S/C27H30N2O5/c1-2-23(24(30)29-14-17-8-7-13-27(17,16-29)25(31)32)28-26(33)34-15-22-20-11-5-3-9-18(20)19-10-4-6-12-21(19)22/h3-6,9-12,17,22-23H,2,7-8,13-16H2,1H3,(H,28,33)(H,31,32)/t17-,23-,27-/m1/s1. The van der Waals surface area contributed by atoms with Gasteiger partial charge in [0, 0.05) is 19.0 Å². The van der Waals surface area contributed by atoms with Crippen molar-refractivity contribution in [3.8, 4) is 11.1 Å². The first-order valence-electron chi connectivity index (χ1n) is 12.1. The molecule has 5 rings (SSSR count). The molecule has 2 fully saturated rings. The van der Waals surface area contributed by atoms with Gasteiger partial charge in [0.2, 0.25) is 5.91 Å². The van der Waals surface area contributed by atoms with Crippen molar-refractivity contribution in [2.75, 3.05) is 19.7 Å². The number of amides is 2. The largest absolute Gasteiger partial charge is 0.481 e. The van der Waals surface area contributed by atoms with Crippen LogP contribution in [0.3, 0.4) is 0 Å². The number of carbonyl (C=O) groups excluding carboxylic acids is 2. The van der Waals surface area contributed by atoms with Gasteiger partial charge >= 0.3 is 12.1 Å². The molecule has 2 aliphatic carbocycles. The quantitative estimate of drug-likeness (QED) is 0.676. The van der Waals surface area contributed by atoms with Crippen molar-refractivity contribution < 1.29 is 24.2 Å². The van der Waals surface area contributed by atoms with Gasteiger partial charge in [-0.15, -0.1) is 0 Å². The summed E-state index contributed by atoms with van der Waals surface area (Å²) < 4.78 is 5.60. The summed E-state index contributed by atoms with van der Waals surface area (Å²) in [6.45, 7) is 2.66. The molecule has 178 valence electrons. The molecule has 2 aromatic carbocycles. The Balaban J connectivity index is 1.22. The van der Waals surface area contributed by atoms with Crippen LogP contribution in [-0.2, 0) is 14.3 Å². The SMILES string of the molecule is CC[C@@H](NC(=O)OCC1c2ccccc2-c2ccccc21)C(=O)N1C[C@H]2CCC[C@@]2(C(=O)O)C1. The highest BCUT2D eigenvalue weighted by atomic mass is 16.5. The number of ether oxygens (including phenoxy) is 1. The molecule has 0 bridgehead atoms. The molecule has 2 aromatic rings. The molecule has 7 heteroatoms. The molecule has 1 saturated carbocycles. The fourth-order valence-corrected chi connectivity index (χ4v) is 6.15. The second-order valence-electron chi connectivity index (χ2n) is 9.70. The lowest BCUT2D eigenvalue weighted by molar-refractivity contribution is -0.149. The summed E-state index contributed by atoms with van der Waals surface area (Å²) >= 11 is 0. The van der Waals surface area contributed by atoms with E-state index in [2.05, 4.69) is 29.6 Å². The number of alkyl carbamates (subject to hydrolysis) is 1. The van der Waals surface area contributed by atoms with E-state index in [9.17, 15) is 19.5 Å². The summed E-state index contributed by atoms with van der Waals surface area (Å²) in [6, 6.07) is 15.5. The van der Waals surface area contributed by atoms with Crippen LogP contribution in [0.15, 0.2) is 48.5 Å². The monoisotopic (exact) mass is 462 g/mol. The highest BCUT2D eigenvalue weighted by Gasteiger charge is 2.56. The van der Waals surface area contributed by atoms with E-state index in [0.717, 1.165) is 35.1 Å². The van der Waals surface area contributed by atoms with E-state index in [1.807, 2.05) is 31.2 Å². The van der Waals surface area contributed by atoms with Gasteiger partial charge in [-0.1, -0.05) is 61.9 Å². The second kappa shape index (κ2) is 8.78. The van der Waals surface area contributed by atoms with Crippen LogP contribution in [0.2, 0.25) is 0 Å². The molecular formula is C27H30N2O5. The molecule has 1 aliphatic heterocycles. The van der Waals surface area contributed by atoms with Crippen molar-refractivity contribution in [2.24, 2.45) is 11.3 Å². The number of carboxylic acid groups (broad SMARTS) is 1. The minimum atomic E-state index is -0.836. The van der Waals surface area contributed by atoms with Crippen molar-refractivity contribution in [2.45, 2.75) is 44.6 Å². The van der Waals surface area contributed by atoms with E-state index in [0.29, 0.717) is 19.4 Å². The molecule has 7 nitrogen and oxygen atoms in total. The van der Waals surface area contributed by atoms with Crippen molar-refractivity contribution in [1.29, 1.82) is 0 Å². The zero-order chi connectivity index (χ0) is 23.9. The molecule has 2 N–H and O–H groups in total. The van der Waals surface area contributed by atoms with Crippen LogP contribution in [0.25, 0.3) is 11.1 Å². The van der Waals surface area contributed by atoms with E-state index < -0.39 is 23.5 Å². The average Bonchev–Trinajstić information content (AvgIpc) is 3.51. The van der Waals surface area contributed by atoms with Crippen LogP contribution in [0, 0.1) is 11.3 Å². The Hall–Kier alpha value is -3.35. The lowest BCUT2D eigenvalue weighted by atomic mass is 9.81. The van der Waals surface area contributed by atoms with Gasteiger partial charge in [0.25, 0.3) is 0 Å². The van der Waals surface area contributed by atoms with Crippen LogP contribution < -0.4 is 5.32 Å². The zero-order valence-corrected chi connectivity index (χ0v) is 19.3. The molecule has 34 heavy (non-hydrogen) atoms. The number of hydrogen-bond donors (Lipinski definition) is 2. The van der Waals surface area contributed by atoms with Crippen LogP contribution >= 0.6 is 0 Å². The summed E-state index contributed by atoms with van der Waals surface area (Å²) in [7, 11) is 0. The topological polar surface area (TPSA) is 95.9 Å². The van der Waals surface area contributed by atoms with Crippen molar-refractivity contribution >= 4 is 18.0 Å². The number of benzene rings is 2. The second-order valence-corrected chi connectivity index (χ2v) is 9.70. The van der Waals surface area contributed by atoms with Crippen LogP contribution in [-0.4, -0.2) is 53.7 Å². The van der Waals surface area contributed by atoms with Gasteiger partial charge in [0.15, 0.2) is 0 Å². The van der Waals surface area contributed by atoms with Gasteiger partial charge in [-0.05, 0) is 47.4 Å². The lowest BCUT2D eigenvalue weighted by Crippen LogP contribution is -2.48. The number of nitrogens with zero attached hydrogens (tertiary/aromatic N) is 1. The Morgan fingerprint density at radius 1 is 1.12 bits per heavy atom. The predicted molar refractivity (Wildman–Crippen MR) is 126 cm³/mol. The number of likely N-dealkylation sites (tertiary alicyclic amines) is 1. The number of fused-ring (bicyclic) bond motifs is 4. The molecule has 0 spiro atoms. The number of carboxylic acids is 1. The highest BCUT2D eigenvalue weighted by Crippen LogP contribution is 2.49. The Labute approximate surface area is 199 Å². The van der Waals surface area contributed by atoms with Crippen molar-refractivity contribution in [1.82, 2.24) is 10.2 Å². The van der Waals surface area contributed by atoms with Crippen LogP contribution in [0.4, 0.5) is 4.79 Å². The summed E-state index contributed by atoms with van der Waals surface area (Å²) in [6.07, 6.45) is 2.09. The minimum Gasteiger partial charge on any atom is -0.481 e. The van der Waals surface area contributed by atoms with Gasteiger partial charge in [-0.2, -0.15) is 0 Å². The molecule has 2 amide bonds. The third kappa shape index (κ3) is 3.63. The van der Waals surface area contributed by atoms with Gasteiger partial charge in [-0.3, -0.25) is 9.59 Å². The van der Waals surface area contributed by atoms with E-state index >= 15 is 0 Å². The molecular weight excluding hydrogens is 432 g/mol. The number of rotatable bonds is 6. The fourth-order valence-electron chi connectivity index (χ4n) is 6.15. The Morgan fingerprint density at radius 3 is 2.35 bits per heavy atom. The fraction of sp³-hybridized carbons (Fsp3) is 0.444. The van der Waals surface area contributed by atoms with E-state index in [1.165, 1.54) is 0 Å². The summed E-state index contributed by atoms with van der Waals surface area (Å²) in [5.41, 5.74) is 3.73. The van der Waals surface area contributed by atoms with Gasteiger partial charge in [0.1, 0.15) is 12.6 Å². The number of carbonyl (C=O) groups is 3. The Kier molecular flexibility index (Phi) is 5.80.